The molecule has 8 nitrogen and oxygen atoms in total. The number of carbonyl (C=O) groups excluding carboxylic acids is 1. The molecule has 0 radical (unpaired) electrons. The highest BCUT2D eigenvalue weighted by Crippen LogP contribution is 2.22. The number of hydrogen-bond donors (Lipinski definition) is 2. The lowest BCUT2D eigenvalue weighted by Crippen LogP contribution is -2.37. The first kappa shape index (κ1) is 21.5. The van der Waals surface area contributed by atoms with E-state index in [4.69, 9.17) is 4.74 Å². The van der Waals surface area contributed by atoms with E-state index in [1.165, 1.54) is 11.8 Å². The molecule has 10 heteroatoms. The summed E-state index contributed by atoms with van der Waals surface area (Å²) in [6, 6.07) is 17.2. The van der Waals surface area contributed by atoms with Gasteiger partial charge in [-0.2, -0.15) is 15.0 Å². The molecule has 2 N–H and O–H groups in total. The number of ether oxygens (including phenoxy) is 1. The number of rotatable bonds is 7. The van der Waals surface area contributed by atoms with Crippen LogP contribution in [0.5, 0.6) is 0 Å². The summed E-state index contributed by atoms with van der Waals surface area (Å²) >= 11 is 4.66. The number of halogens is 1. The fourth-order valence-electron chi connectivity index (χ4n) is 2.88. The van der Waals surface area contributed by atoms with Crippen LogP contribution in [0.2, 0.25) is 0 Å². The van der Waals surface area contributed by atoms with Crippen LogP contribution in [0, 0.1) is 0 Å². The van der Waals surface area contributed by atoms with Gasteiger partial charge in [-0.25, -0.2) is 0 Å². The van der Waals surface area contributed by atoms with Crippen molar-refractivity contribution in [2.45, 2.75) is 5.16 Å². The molecule has 0 atom stereocenters. The van der Waals surface area contributed by atoms with Crippen molar-refractivity contribution in [2.75, 3.05) is 47.6 Å². The largest absolute Gasteiger partial charge is 0.378 e. The smallest absolute Gasteiger partial charge is 0.234 e. The molecule has 2 aromatic carbocycles. The Hall–Kier alpha value is -2.69. The van der Waals surface area contributed by atoms with Crippen molar-refractivity contribution in [3.8, 4) is 0 Å². The van der Waals surface area contributed by atoms with E-state index in [1.807, 2.05) is 54.6 Å². The van der Waals surface area contributed by atoms with Crippen LogP contribution in [-0.2, 0) is 9.53 Å². The lowest BCUT2D eigenvalue weighted by atomic mass is 10.3. The highest BCUT2D eigenvalue weighted by atomic mass is 79.9. The van der Waals surface area contributed by atoms with Gasteiger partial charge in [0.15, 0.2) is 5.16 Å². The molecular weight excluding hydrogens is 480 g/mol. The highest BCUT2D eigenvalue weighted by molar-refractivity contribution is 9.10. The number of para-hydroxylation sites is 1. The zero-order valence-corrected chi connectivity index (χ0v) is 19.0. The zero-order valence-electron chi connectivity index (χ0n) is 16.6. The van der Waals surface area contributed by atoms with Crippen molar-refractivity contribution >= 4 is 56.9 Å². The van der Waals surface area contributed by atoms with Crippen LogP contribution in [0.4, 0.5) is 23.3 Å². The lowest BCUT2D eigenvalue weighted by Gasteiger charge is -2.27. The monoisotopic (exact) mass is 500 g/mol. The molecular formula is C21H21BrN6O2S. The fraction of sp³-hybridized carbons (Fsp3) is 0.238. The zero-order chi connectivity index (χ0) is 21.5. The maximum absolute atomic E-state index is 12.4. The minimum absolute atomic E-state index is 0.127. The number of anilines is 4. The molecule has 1 amide bonds. The molecule has 1 aliphatic heterocycles. The van der Waals surface area contributed by atoms with Crippen LogP contribution in [0.1, 0.15) is 0 Å². The summed E-state index contributed by atoms with van der Waals surface area (Å²) in [7, 11) is 0. The third kappa shape index (κ3) is 6.39. The molecule has 0 bridgehead atoms. The minimum Gasteiger partial charge on any atom is -0.378 e. The average Bonchev–Trinajstić information content (AvgIpc) is 2.80. The average molecular weight is 501 g/mol. The van der Waals surface area contributed by atoms with E-state index < -0.39 is 0 Å². The minimum atomic E-state index is -0.127. The Morgan fingerprint density at radius 1 is 1.00 bits per heavy atom. The molecule has 31 heavy (non-hydrogen) atoms. The van der Waals surface area contributed by atoms with Gasteiger partial charge in [0.1, 0.15) is 0 Å². The molecule has 1 saturated heterocycles. The standard InChI is InChI=1S/C21H21BrN6O2S/c22-15-6-8-17(9-7-15)23-18(29)14-31-21-26-19(24-16-4-2-1-3-5-16)25-20(27-21)28-10-12-30-13-11-28/h1-9H,10-14H2,(H,23,29)(H,24,25,26,27). The first-order valence-corrected chi connectivity index (χ1v) is 11.5. The normalized spacial score (nSPS) is 13.6. The van der Waals surface area contributed by atoms with Crippen molar-refractivity contribution in [1.82, 2.24) is 15.0 Å². The number of morpholine rings is 1. The van der Waals surface area contributed by atoms with Crippen LogP contribution >= 0.6 is 27.7 Å². The second-order valence-corrected chi connectivity index (χ2v) is 8.53. The van der Waals surface area contributed by atoms with Crippen LogP contribution in [0.3, 0.4) is 0 Å². The number of benzene rings is 2. The molecule has 3 aromatic rings. The van der Waals surface area contributed by atoms with Gasteiger partial charge in [0, 0.05) is 28.9 Å². The number of aromatic nitrogens is 3. The van der Waals surface area contributed by atoms with Crippen LogP contribution in [0.25, 0.3) is 0 Å². The van der Waals surface area contributed by atoms with Gasteiger partial charge in [0.05, 0.1) is 19.0 Å². The SMILES string of the molecule is O=C(CSc1nc(Nc2ccccc2)nc(N2CCOCC2)n1)Nc1ccc(Br)cc1. The van der Waals surface area contributed by atoms with Crippen LogP contribution in [-0.4, -0.2) is 52.9 Å². The van der Waals surface area contributed by atoms with Gasteiger partial charge in [0.25, 0.3) is 0 Å². The Kier molecular flexibility index (Phi) is 7.34. The van der Waals surface area contributed by atoms with E-state index >= 15 is 0 Å². The summed E-state index contributed by atoms with van der Waals surface area (Å²) in [6.07, 6.45) is 0. The number of thioether (sulfide) groups is 1. The summed E-state index contributed by atoms with van der Waals surface area (Å²) in [5.74, 6) is 1.08. The third-order valence-corrected chi connectivity index (χ3v) is 5.76. The first-order chi connectivity index (χ1) is 15.2. The maximum Gasteiger partial charge on any atom is 0.234 e. The Balaban J connectivity index is 1.47. The van der Waals surface area contributed by atoms with Crippen molar-refractivity contribution < 1.29 is 9.53 Å². The molecule has 0 saturated carbocycles. The number of nitrogens with one attached hydrogen (secondary N) is 2. The second kappa shape index (κ2) is 10.6. The first-order valence-electron chi connectivity index (χ1n) is 9.75. The summed E-state index contributed by atoms with van der Waals surface area (Å²) in [5, 5.41) is 6.58. The Morgan fingerprint density at radius 2 is 1.74 bits per heavy atom. The molecule has 160 valence electrons. The molecule has 0 unspecified atom stereocenters. The molecule has 0 spiro atoms. The summed E-state index contributed by atoms with van der Waals surface area (Å²) < 4.78 is 6.39. The van der Waals surface area contributed by atoms with Crippen LogP contribution in [0.15, 0.2) is 64.2 Å². The van der Waals surface area contributed by atoms with E-state index in [0.29, 0.717) is 43.4 Å². The van der Waals surface area contributed by atoms with Crippen molar-refractivity contribution in [3.05, 3.63) is 59.1 Å². The van der Waals surface area contributed by atoms with E-state index in [0.717, 1.165) is 15.8 Å². The topological polar surface area (TPSA) is 92.3 Å². The number of carbonyl (C=O) groups is 1. The van der Waals surface area contributed by atoms with Gasteiger partial charge in [-0.3, -0.25) is 4.79 Å². The Morgan fingerprint density at radius 3 is 2.48 bits per heavy atom. The highest BCUT2D eigenvalue weighted by Gasteiger charge is 2.17. The third-order valence-electron chi connectivity index (χ3n) is 4.39. The fourth-order valence-corrected chi connectivity index (χ4v) is 3.78. The van der Waals surface area contributed by atoms with Gasteiger partial charge in [0.2, 0.25) is 17.8 Å². The molecule has 1 aromatic heterocycles. The molecule has 1 aliphatic rings. The lowest BCUT2D eigenvalue weighted by molar-refractivity contribution is -0.113. The maximum atomic E-state index is 12.4. The Bertz CT molecular complexity index is 1020. The predicted molar refractivity (Wildman–Crippen MR) is 126 cm³/mol. The molecule has 0 aliphatic carbocycles. The van der Waals surface area contributed by atoms with Crippen molar-refractivity contribution in [2.24, 2.45) is 0 Å². The second-order valence-electron chi connectivity index (χ2n) is 6.68. The summed E-state index contributed by atoms with van der Waals surface area (Å²) in [6.45, 7) is 2.68. The predicted octanol–water partition coefficient (Wildman–Crippen LogP) is 3.95. The van der Waals surface area contributed by atoms with Gasteiger partial charge < -0.3 is 20.3 Å². The summed E-state index contributed by atoms with van der Waals surface area (Å²) in [4.78, 5) is 28.1. The molecule has 1 fully saturated rings. The van der Waals surface area contributed by atoms with E-state index in [1.54, 1.807) is 0 Å². The van der Waals surface area contributed by atoms with Crippen LogP contribution < -0.4 is 15.5 Å². The van der Waals surface area contributed by atoms with Gasteiger partial charge >= 0.3 is 0 Å². The Labute approximate surface area is 193 Å². The van der Waals surface area contributed by atoms with Gasteiger partial charge in [-0.15, -0.1) is 0 Å². The van der Waals surface area contributed by atoms with Gasteiger partial charge in [-0.05, 0) is 36.4 Å². The van der Waals surface area contributed by atoms with E-state index in [2.05, 4.69) is 46.4 Å². The molecule has 4 rings (SSSR count). The van der Waals surface area contributed by atoms with Gasteiger partial charge in [-0.1, -0.05) is 45.9 Å². The van der Waals surface area contributed by atoms with E-state index in [9.17, 15) is 4.79 Å². The quantitative estimate of drug-likeness (QED) is 0.471. The number of amides is 1. The van der Waals surface area contributed by atoms with Crippen molar-refractivity contribution in [1.29, 1.82) is 0 Å². The summed E-state index contributed by atoms with van der Waals surface area (Å²) in [5.41, 5.74) is 1.62. The van der Waals surface area contributed by atoms with Crippen molar-refractivity contribution in [3.63, 3.8) is 0 Å². The molecule has 2 heterocycles. The van der Waals surface area contributed by atoms with E-state index in [-0.39, 0.29) is 11.7 Å². The number of nitrogens with zero attached hydrogens (tertiary/aromatic N) is 4. The number of hydrogen-bond acceptors (Lipinski definition) is 8.